The lowest BCUT2D eigenvalue weighted by atomic mass is 9.89. The Kier molecular flexibility index (Phi) is 7.62. The molecule has 1 aliphatic rings. The normalized spacial score (nSPS) is 15.5. The van der Waals surface area contributed by atoms with Gasteiger partial charge in [0.2, 0.25) is 0 Å². The Morgan fingerprint density at radius 2 is 2.00 bits per heavy atom. The quantitative estimate of drug-likeness (QED) is 0.580. The molecular formula is C20H25BrN4O4. The van der Waals surface area contributed by atoms with E-state index in [-0.39, 0.29) is 30.8 Å². The Morgan fingerprint density at radius 1 is 1.24 bits per heavy atom. The molecular weight excluding hydrogens is 440 g/mol. The summed E-state index contributed by atoms with van der Waals surface area (Å²) in [5.41, 5.74) is 0. The Morgan fingerprint density at radius 3 is 2.76 bits per heavy atom. The number of nitrogens with zero attached hydrogens (tertiary/aromatic N) is 2. The van der Waals surface area contributed by atoms with E-state index in [4.69, 9.17) is 9.26 Å². The number of hydrogen-bond donors (Lipinski definition) is 2. The highest BCUT2D eigenvalue weighted by Gasteiger charge is 2.23. The summed E-state index contributed by atoms with van der Waals surface area (Å²) in [6.45, 7) is 2.18. The van der Waals surface area contributed by atoms with Crippen molar-refractivity contribution in [1.82, 2.24) is 20.8 Å². The van der Waals surface area contributed by atoms with E-state index in [0.29, 0.717) is 11.6 Å². The number of amides is 2. The highest BCUT2D eigenvalue weighted by atomic mass is 79.9. The van der Waals surface area contributed by atoms with Crippen LogP contribution < -0.4 is 15.4 Å². The van der Waals surface area contributed by atoms with Crippen LogP contribution >= 0.6 is 15.9 Å². The van der Waals surface area contributed by atoms with Crippen LogP contribution in [0.4, 0.5) is 0 Å². The van der Waals surface area contributed by atoms with Crippen molar-refractivity contribution in [2.75, 3.05) is 13.1 Å². The minimum Gasteiger partial charge on any atom is -0.481 e. The van der Waals surface area contributed by atoms with Gasteiger partial charge in [-0.25, -0.2) is 0 Å². The number of rotatable bonds is 8. The highest BCUT2D eigenvalue weighted by Crippen LogP contribution is 2.30. The van der Waals surface area contributed by atoms with Gasteiger partial charge in [0.1, 0.15) is 5.75 Å². The summed E-state index contributed by atoms with van der Waals surface area (Å²) in [6.07, 6.45) is 4.96. The number of ether oxygens (including phenoxy) is 1. The molecule has 2 aromatic rings. The standard InChI is InChI=1S/C20H25BrN4O4/c1-13(28-16-9-5-8-15(21)12-16)18(26)22-10-11-23-19(27)20-24-17(25-29-20)14-6-3-2-4-7-14/h5,8-9,12-14H,2-4,6-7,10-11H2,1H3,(H,22,26)(H,23,27). The second kappa shape index (κ2) is 10.4. The van der Waals surface area contributed by atoms with Crippen LogP contribution in [-0.4, -0.2) is 41.1 Å². The minimum absolute atomic E-state index is 0.0387. The van der Waals surface area contributed by atoms with Crippen LogP contribution in [-0.2, 0) is 4.79 Å². The zero-order valence-corrected chi connectivity index (χ0v) is 17.9. The number of hydrogen-bond acceptors (Lipinski definition) is 6. The molecule has 156 valence electrons. The van der Waals surface area contributed by atoms with Crippen molar-refractivity contribution in [1.29, 1.82) is 0 Å². The van der Waals surface area contributed by atoms with E-state index in [0.717, 1.165) is 30.2 Å². The molecule has 1 aromatic heterocycles. The molecule has 1 unspecified atom stereocenters. The number of nitrogens with one attached hydrogen (secondary N) is 2. The summed E-state index contributed by atoms with van der Waals surface area (Å²) < 4.78 is 11.6. The van der Waals surface area contributed by atoms with Crippen molar-refractivity contribution >= 4 is 27.7 Å². The van der Waals surface area contributed by atoms with Crippen LogP contribution in [0.2, 0.25) is 0 Å². The molecule has 2 N–H and O–H groups in total. The van der Waals surface area contributed by atoms with Gasteiger partial charge in [-0.2, -0.15) is 4.98 Å². The summed E-state index contributed by atoms with van der Waals surface area (Å²) >= 11 is 3.36. The Balaban J connectivity index is 1.37. The molecule has 0 aliphatic heterocycles. The molecule has 9 heteroatoms. The SMILES string of the molecule is CC(Oc1cccc(Br)c1)C(=O)NCCNC(=O)c1nc(C2CCCCC2)no1. The number of carbonyl (C=O) groups is 2. The fraction of sp³-hybridized carbons (Fsp3) is 0.500. The summed E-state index contributed by atoms with van der Waals surface area (Å²) in [5.74, 6) is 0.745. The van der Waals surface area contributed by atoms with Crippen LogP contribution in [0.25, 0.3) is 0 Å². The monoisotopic (exact) mass is 464 g/mol. The zero-order chi connectivity index (χ0) is 20.6. The molecule has 1 fully saturated rings. The predicted octanol–water partition coefficient (Wildman–Crippen LogP) is 3.19. The molecule has 0 radical (unpaired) electrons. The zero-order valence-electron chi connectivity index (χ0n) is 16.3. The van der Waals surface area contributed by atoms with Crippen LogP contribution in [0.3, 0.4) is 0 Å². The summed E-state index contributed by atoms with van der Waals surface area (Å²) in [4.78, 5) is 28.5. The summed E-state index contributed by atoms with van der Waals surface area (Å²) in [7, 11) is 0. The number of carbonyl (C=O) groups excluding carboxylic acids is 2. The van der Waals surface area contributed by atoms with Gasteiger partial charge in [0.05, 0.1) is 0 Å². The topological polar surface area (TPSA) is 106 Å². The lowest BCUT2D eigenvalue weighted by Gasteiger charge is -2.17. The van der Waals surface area contributed by atoms with Crippen molar-refractivity contribution in [2.45, 2.75) is 51.0 Å². The van der Waals surface area contributed by atoms with Gasteiger partial charge in [-0.1, -0.05) is 46.4 Å². The van der Waals surface area contributed by atoms with Gasteiger partial charge in [0.25, 0.3) is 5.91 Å². The molecule has 1 aromatic carbocycles. The maximum absolute atomic E-state index is 12.1. The Hall–Kier alpha value is -2.42. The number of halogens is 1. The molecule has 1 saturated carbocycles. The summed E-state index contributed by atoms with van der Waals surface area (Å²) in [6, 6.07) is 7.27. The third kappa shape index (κ3) is 6.28. The lowest BCUT2D eigenvalue weighted by molar-refractivity contribution is -0.127. The van der Waals surface area contributed by atoms with Crippen LogP contribution in [0.1, 0.15) is 61.5 Å². The first kappa shape index (κ1) is 21.3. The molecule has 0 spiro atoms. The average molecular weight is 465 g/mol. The second-order valence-corrected chi connectivity index (χ2v) is 7.97. The third-order valence-electron chi connectivity index (χ3n) is 4.79. The van der Waals surface area contributed by atoms with E-state index in [2.05, 4.69) is 36.7 Å². The van der Waals surface area contributed by atoms with Crippen molar-refractivity contribution in [3.63, 3.8) is 0 Å². The van der Waals surface area contributed by atoms with Gasteiger partial charge in [-0.15, -0.1) is 0 Å². The molecule has 29 heavy (non-hydrogen) atoms. The average Bonchev–Trinajstić information content (AvgIpc) is 3.22. The fourth-order valence-corrected chi connectivity index (χ4v) is 3.61. The van der Waals surface area contributed by atoms with Crippen LogP contribution in [0, 0.1) is 0 Å². The Labute approximate surface area is 177 Å². The van der Waals surface area contributed by atoms with Crippen molar-refractivity contribution in [3.05, 3.63) is 40.5 Å². The Bertz CT molecular complexity index is 835. The van der Waals surface area contributed by atoms with Gasteiger partial charge >= 0.3 is 11.8 Å². The van der Waals surface area contributed by atoms with Crippen molar-refractivity contribution in [3.8, 4) is 5.75 Å². The van der Waals surface area contributed by atoms with Gasteiger partial charge in [-0.05, 0) is 38.0 Å². The third-order valence-corrected chi connectivity index (χ3v) is 5.29. The van der Waals surface area contributed by atoms with Crippen molar-refractivity contribution in [2.24, 2.45) is 0 Å². The first-order valence-electron chi connectivity index (χ1n) is 9.84. The molecule has 3 rings (SSSR count). The van der Waals surface area contributed by atoms with Crippen molar-refractivity contribution < 1.29 is 18.8 Å². The van der Waals surface area contributed by atoms with E-state index in [1.807, 2.05) is 12.1 Å². The van der Waals surface area contributed by atoms with Gasteiger partial charge < -0.3 is 19.9 Å². The molecule has 2 amide bonds. The van der Waals surface area contributed by atoms with Crippen LogP contribution in [0.5, 0.6) is 5.75 Å². The highest BCUT2D eigenvalue weighted by molar-refractivity contribution is 9.10. The molecule has 8 nitrogen and oxygen atoms in total. The smallest absolute Gasteiger partial charge is 0.315 e. The first-order chi connectivity index (χ1) is 14.0. The van der Waals surface area contributed by atoms with E-state index in [1.54, 1.807) is 19.1 Å². The maximum Gasteiger partial charge on any atom is 0.315 e. The first-order valence-corrected chi connectivity index (χ1v) is 10.6. The summed E-state index contributed by atoms with van der Waals surface area (Å²) in [5, 5.41) is 9.34. The van der Waals surface area contributed by atoms with E-state index in [1.165, 1.54) is 6.42 Å². The lowest BCUT2D eigenvalue weighted by Crippen LogP contribution is -2.40. The van der Waals surface area contributed by atoms with Gasteiger partial charge in [0.15, 0.2) is 11.9 Å². The molecule has 1 atom stereocenters. The second-order valence-electron chi connectivity index (χ2n) is 7.06. The molecule has 1 aliphatic carbocycles. The molecule has 0 saturated heterocycles. The molecule has 1 heterocycles. The maximum atomic E-state index is 12.1. The van der Waals surface area contributed by atoms with Gasteiger partial charge in [-0.3, -0.25) is 9.59 Å². The minimum atomic E-state index is -0.658. The predicted molar refractivity (Wildman–Crippen MR) is 110 cm³/mol. The molecule has 0 bridgehead atoms. The van der Waals surface area contributed by atoms with Gasteiger partial charge in [0, 0.05) is 23.5 Å². The fourth-order valence-electron chi connectivity index (χ4n) is 3.23. The number of benzene rings is 1. The number of aromatic nitrogens is 2. The van der Waals surface area contributed by atoms with E-state index >= 15 is 0 Å². The van der Waals surface area contributed by atoms with E-state index < -0.39 is 12.0 Å². The largest absolute Gasteiger partial charge is 0.481 e. The van der Waals surface area contributed by atoms with Crippen LogP contribution in [0.15, 0.2) is 33.3 Å². The van der Waals surface area contributed by atoms with E-state index in [9.17, 15) is 9.59 Å².